The summed E-state index contributed by atoms with van der Waals surface area (Å²) in [6.45, 7) is 7.64. The molecule has 25 heavy (non-hydrogen) atoms. The van der Waals surface area contributed by atoms with Crippen molar-refractivity contribution in [1.29, 1.82) is 0 Å². The van der Waals surface area contributed by atoms with E-state index in [1.165, 1.54) is 19.3 Å². The number of hydrogen-bond acceptors (Lipinski definition) is 3. The van der Waals surface area contributed by atoms with Crippen molar-refractivity contribution in [2.75, 3.05) is 33.7 Å². The summed E-state index contributed by atoms with van der Waals surface area (Å²) in [6.07, 6.45) is 9.77. The lowest BCUT2D eigenvalue weighted by molar-refractivity contribution is 0.186. The molecule has 1 aliphatic carbocycles. The molecule has 2 heterocycles. The van der Waals surface area contributed by atoms with Crippen LogP contribution in [0.15, 0.2) is 23.7 Å². The number of piperidine rings is 1. The van der Waals surface area contributed by atoms with Gasteiger partial charge in [-0.1, -0.05) is 6.92 Å². The van der Waals surface area contributed by atoms with E-state index in [1.54, 1.807) is 0 Å². The second-order valence-electron chi connectivity index (χ2n) is 7.46. The quantitative estimate of drug-likeness (QED) is 0.417. The number of likely N-dealkylation sites (tertiary alicyclic amines) is 1. The second kappa shape index (κ2) is 9.21. The molecule has 0 bridgehead atoms. The number of imidazole rings is 1. The molecular formula is C18H33IN6. The van der Waals surface area contributed by atoms with Gasteiger partial charge in [-0.05, 0) is 39.2 Å². The van der Waals surface area contributed by atoms with E-state index in [1.807, 2.05) is 19.6 Å². The van der Waals surface area contributed by atoms with E-state index in [4.69, 9.17) is 0 Å². The Hall–Kier alpha value is -0.830. The highest BCUT2D eigenvalue weighted by atomic mass is 127. The van der Waals surface area contributed by atoms with Crippen molar-refractivity contribution >= 4 is 29.9 Å². The topological polar surface area (TPSA) is 48.7 Å². The average molecular weight is 460 g/mol. The summed E-state index contributed by atoms with van der Waals surface area (Å²) in [5.74, 6) is 1.69. The molecule has 7 heteroatoms. The summed E-state index contributed by atoms with van der Waals surface area (Å²) in [7, 11) is 4.13. The van der Waals surface area contributed by atoms with Crippen molar-refractivity contribution in [3.05, 3.63) is 18.7 Å². The number of likely N-dealkylation sites (N-methyl/N-ethyl adjacent to an activating group) is 1. The van der Waals surface area contributed by atoms with Gasteiger partial charge in [0.25, 0.3) is 0 Å². The van der Waals surface area contributed by atoms with E-state index < -0.39 is 0 Å². The first-order chi connectivity index (χ1) is 11.6. The molecule has 1 aliphatic heterocycles. The fourth-order valence-electron chi connectivity index (χ4n) is 3.65. The largest absolute Gasteiger partial charge is 0.355 e. The molecule has 1 saturated heterocycles. The third kappa shape index (κ3) is 5.09. The zero-order chi connectivity index (χ0) is 17.1. The highest BCUT2D eigenvalue weighted by Gasteiger charge is 2.31. The van der Waals surface area contributed by atoms with Crippen LogP contribution in [0.1, 0.15) is 39.2 Å². The third-order valence-corrected chi connectivity index (χ3v) is 5.71. The minimum Gasteiger partial charge on any atom is -0.355 e. The predicted molar refractivity (Wildman–Crippen MR) is 114 cm³/mol. The van der Waals surface area contributed by atoms with Crippen LogP contribution in [-0.4, -0.2) is 71.1 Å². The minimum absolute atomic E-state index is 0. The lowest BCUT2D eigenvalue weighted by Gasteiger charge is -2.39. The van der Waals surface area contributed by atoms with Gasteiger partial charge in [0, 0.05) is 51.2 Å². The molecule has 1 aromatic heterocycles. The number of nitrogens with one attached hydrogen (secondary N) is 1. The highest BCUT2D eigenvalue weighted by Crippen LogP contribution is 2.28. The van der Waals surface area contributed by atoms with Crippen LogP contribution in [0.3, 0.4) is 0 Å². The number of nitrogens with zero attached hydrogens (tertiary/aromatic N) is 5. The van der Waals surface area contributed by atoms with Crippen molar-refractivity contribution in [2.45, 2.75) is 51.2 Å². The van der Waals surface area contributed by atoms with E-state index in [9.17, 15) is 0 Å². The summed E-state index contributed by atoms with van der Waals surface area (Å²) in [4.78, 5) is 13.6. The highest BCUT2D eigenvalue weighted by molar-refractivity contribution is 14.0. The van der Waals surface area contributed by atoms with Crippen molar-refractivity contribution < 1.29 is 0 Å². The van der Waals surface area contributed by atoms with E-state index in [2.05, 4.69) is 56.8 Å². The molecule has 3 unspecified atom stereocenters. The molecule has 0 aromatic carbocycles. The minimum atomic E-state index is 0. The molecular weight excluding hydrogens is 427 g/mol. The molecule has 1 saturated carbocycles. The van der Waals surface area contributed by atoms with Gasteiger partial charge in [-0.2, -0.15) is 0 Å². The zero-order valence-corrected chi connectivity index (χ0v) is 18.3. The van der Waals surface area contributed by atoms with E-state index >= 15 is 0 Å². The Bertz CT molecular complexity index is 542. The molecule has 0 amide bonds. The Morgan fingerprint density at radius 1 is 1.40 bits per heavy atom. The number of aliphatic imine (C=N–C) groups is 1. The predicted octanol–water partition coefficient (Wildman–Crippen LogP) is 2.44. The van der Waals surface area contributed by atoms with Gasteiger partial charge < -0.3 is 14.8 Å². The summed E-state index contributed by atoms with van der Waals surface area (Å²) >= 11 is 0. The fourth-order valence-corrected chi connectivity index (χ4v) is 3.65. The van der Waals surface area contributed by atoms with Crippen LogP contribution < -0.4 is 5.32 Å². The monoisotopic (exact) mass is 460 g/mol. The molecule has 1 N–H and O–H groups in total. The van der Waals surface area contributed by atoms with Gasteiger partial charge in [-0.25, -0.2) is 4.98 Å². The smallest absolute Gasteiger partial charge is 0.193 e. The number of guanidine groups is 1. The van der Waals surface area contributed by atoms with Gasteiger partial charge in [0.15, 0.2) is 5.96 Å². The molecule has 3 rings (SSSR count). The van der Waals surface area contributed by atoms with E-state index in [-0.39, 0.29) is 24.0 Å². The Balaban J connectivity index is 0.00000225. The molecule has 142 valence electrons. The van der Waals surface area contributed by atoms with Crippen LogP contribution >= 0.6 is 24.0 Å². The van der Waals surface area contributed by atoms with Gasteiger partial charge in [0.2, 0.25) is 0 Å². The van der Waals surface area contributed by atoms with Gasteiger partial charge in [0.05, 0.1) is 12.4 Å². The molecule has 2 fully saturated rings. The molecule has 0 radical (unpaired) electrons. The maximum absolute atomic E-state index is 4.53. The third-order valence-electron chi connectivity index (χ3n) is 5.71. The molecule has 2 aliphatic rings. The van der Waals surface area contributed by atoms with Crippen LogP contribution in [-0.2, 0) is 0 Å². The van der Waals surface area contributed by atoms with Crippen LogP contribution in [0.5, 0.6) is 0 Å². The average Bonchev–Trinajstić information content (AvgIpc) is 3.30. The Labute approximate surface area is 169 Å². The maximum atomic E-state index is 4.53. The zero-order valence-electron chi connectivity index (χ0n) is 15.9. The van der Waals surface area contributed by atoms with Crippen molar-refractivity contribution in [2.24, 2.45) is 10.9 Å². The van der Waals surface area contributed by atoms with E-state index in [0.29, 0.717) is 18.0 Å². The fraction of sp³-hybridized carbons (Fsp3) is 0.778. The molecule has 6 nitrogen and oxygen atoms in total. The van der Waals surface area contributed by atoms with Crippen molar-refractivity contribution in [1.82, 2.24) is 24.7 Å². The normalized spacial score (nSPS) is 25.6. The summed E-state index contributed by atoms with van der Waals surface area (Å²) in [5.41, 5.74) is 0. The number of rotatable bonds is 5. The summed E-state index contributed by atoms with van der Waals surface area (Å²) < 4.78 is 2.24. The van der Waals surface area contributed by atoms with Crippen LogP contribution in [0.25, 0.3) is 0 Å². The van der Waals surface area contributed by atoms with Gasteiger partial charge in [-0.3, -0.25) is 9.89 Å². The molecule has 3 atom stereocenters. The second-order valence-corrected chi connectivity index (χ2v) is 7.46. The number of halogens is 1. The van der Waals surface area contributed by atoms with Gasteiger partial charge >= 0.3 is 0 Å². The van der Waals surface area contributed by atoms with E-state index in [0.717, 1.165) is 31.6 Å². The van der Waals surface area contributed by atoms with Crippen LogP contribution in [0, 0.1) is 5.92 Å². The number of hydrogen-bond donors (Lipinski definition) is 1. The number of aromatic nitrogens is 2. The standard InChI is InChI=1S/C18H32N6.HI/c1-14-7-9-23(12-17(14)24-10-8-20-13-24)18(19-3)21-11-15(2)22(4)16-5-6-16;/h8,10,13-17H,5-7,9,11-12H2,1-4H3,(H,19,21);1H. The Kier molecular flexibility index (Phi) is 7.54. The Morgan fingerprint density at radius 2 is 2.16 bits per heavy atom. The molecule has 1 aromatic rings. The first-order valence-corrected chi connectivity index (χ1v) is 9.25. The first kappa shape index (κ1) is 20.5. The SMILES string of the molecule is CN=C(NCC(C)N(C)C1CC1)N1CCC(C)C(n2ccnc2)C1.I. The maximum Gasteiger partial charge on any atom is 0.193 e. The van der Waals surface area contributed by atoms with Gasteiger partial charge in [0.1, 0.15) is 0 Å². The molecule has 0 spiro atoms. The van der Waals surface area contributed by atoms with Crippen molar-refractivity contribution in [3.8, 4) is 0 Å². The lowest BCUT2D eigenvalue weighted by Crippen LogP contribution is -2.51. The van der Waals surface area contributed by atoms with Gasteiger partial charge in [-0.15, -0.1) is 24.0 Å². The van der Waals surface area contributed by atoms with Crippen molar-refractivity contribution in [3.63, 3.8) is 0 Å². The Morgan fingerprint density at radius 3 is 2.76 bits per heavy atom. The van der Waals surface area contributed by atoms with Crippen LogP contribution in [0.4, 0.5) is 0 Å². The lowest BCUT2D eigenvalue weighted by atomic mass is 9.93. The first-order valence-electron chi connectivity index (χ1n) is 9.25. The summed E-state index contributed by atoms with van der Waals surface area (Å²) in [6, 6.07) is 1.79. The van der Waals surface area contributed by atoms with Crippen LogP contribution in [0.2, 0.25) is 0 Å². The summed E-state index contributed by atoms with van der Waals surface area (Å²) in [5, 5.41) is 3.59.